The largest absolute Gasteiger partial charge is 0.481 e. The Morgan fingerprint density at radius 1 is 0.682 bits per heavy atom. The summed E-state index contributed by atoms with van der Waals surface area (Å²) < 4.78 is 56.5. The monoisotopic (exact) mass is 322 g/mol. The Morgan fingerprint density at radius 2 is 0.864 bits per heavy atom. The molecule has 2 N–H and O–H groups in total. The Hall–Kier alpha value is -2.12. The summed E-state index contributed by atoms with van der Waals surface area (Å²) >= 11 is 0. The van der Waals surface area contributed by atoms with E-state index in [1.807, 2.05) is 0 Å². The van der Waals surface area contributed by atoms with Gasteiger partial charge in [-0.2, -0.15) is 0 Å². The lowest BCUT2D eigenvalue weighted by atomic mass is 9.78. The molecule has 0 fully saturated rings. The average molecular weight is 322 g/mol. The van der Waals surface area contributed by atoms with Gasteiger partial charge in [-0.25, -0.2) is 17.6 Å². The van der Waals surface area contributed by atoms with E-state index in [1.165, 1.54) is 0 Å². The van der Waals surface area contributed by atoms with E-state index in [0.29, 0.717) is 0 Å². The average Bonchev–Trinajstić information content (AvgIpc) is 2.36. The van der Waals surface area contributed by atoms with E-state index in [0.717, 1.165) is 27.7 Å². The molecular weight excluding hydrogens is 308 g/mol. The number of carbonyl (C=O) groups is 2. The van der Waals surface area contributed by atoms with Crippen LogP contribution in [-0.2, 0) is 20.4 Å². The van der Waals surface area contributed by atoms with Gasteiger partial charge in [0.15, 0.2) is 23.3 Å². The Morgan fingerprint density at radius 3 is 1.00 bits per heavy atom. The second-order valence-corrected chi connectivity index (χ2v) is 5.87. The van der Waals surface area contributed by atoms with Crippen molar-refractivity contribution in [3.05, 3.63) is 34.4 Å². The van der Waals surface area contributed by atoms with Crippen LogP contribution in [-0.4, -0.2) is 22.2 Å². The first kappa shape index (κ1) is 17.9. The van der Waals surface area contributed by atoms with Gasteiger partial charge >= 0.3 is 11.9 Å². The van der Waals surface area contributed by atoms with Crippen LogP contribution in [0.15, 0.2) is 0 Å². The summed E-state index contributed by atoms with van der Waals surface area (Å²) in [5, 5.41) is 17.9. The number of rotatable bonds is 4. The van der Waals surface area contributed by atoms with Gasteiger partial charge in [0.1, 0.15) is 0 Å². The molecule has 4 nitrogen and oxygen atoms in total. The summed E-state index contributed by atoms with van der Waals surface area (Å²) in [5.74, 6) is -11.1. The molecule has 0 saturated heterocycles. The summed E-state index contributed by atoms with van der Waals surface area (Å²) in [5.41, 5.74) is -7.11. The van der Waals surface area contributed by atoms with Gasteiger partial charge in [0.05, 0.1) is 10.8 Å². The lowest BCUT2D eigenvalue weighted by Gasteiger charge is -2.26. The second-order valence-electron chi connectivity index (χ2n) is 5.87. The molecule has 8 heteroatoms. The molecule has 0 unspecified atom stereocenters. The van der Waals surface area contributed by atoms with Gasteiger partial charge in [-0.15, -0.1) is 0 Å². The lowest BCUT2D eigenvalue weighted by molar-refractivity contribution is -0.143. The fourth-order valence-corrected chi connectivity index (χ4v) is 1.94. The van der Waals surface area contributed by atoms with Crippen molar-refractivity contribution in [3.63, 3.8) is 0 Å². The fourth-order valence-electron chi connectivity index (χ4n) is 1.94. The van der Waals surface area contributed by atoms with Gasteiger partial charge in [-0.05, 0) is 27.7 Å². The van der Waals surface area contributed by atoms with E-state index in [9.17, 15) is 27.2 Å². The first-order chi connectivity index (χ1) is 9.77. The standard InChI is InChI=1S/C14H14F4O4/c1-13(2,11(19)20)5-7(15)9(17)6(10(18)8(5)16)14(3,4)12(21)22/h1-4H3,(H,19,20)(H,21,22). The maximum absolute atomic E-state index is 14.1. The Kier molecular flexibility index (Phi) is 4.29. The highest BCUT2D eigenvalue weighted by molar-refractivity contribution is 5.82. The van der Waals surface area contributed by atoms with Crippen LogP contribution in [0.1, 0.15) is 38.8 Å². The number of carboxylic acids is 2. The number of halogens is 4. The van der Waals surface area contributed by atoms with Crippen LogP contribution in [0, 0.1) is 23.3 Å². The second kappa shape index (κ2) is 5.26. The zero-order valence-corrected chi connectivity index (χ0v) is 12.2. The van der Waals surface area contributed by atoms with Crippen molar-refractivity contribution >= 4 is 11.9 Å². The van der Waals surface area contributed by atoms with Crippen molar-refractivity contribution in [1.82, 2.24) is 0 Å². The fraction of sp³-hybridized carbons (Fsp3) is 0.429. The predicted molar refractivity (Wildman–Crippen MR) is 67.6 cm³/mol. The van der Waals surface area contributed by atoms with Crippen molar-refractivity contribution in [3.8, 4) is 0 Å². The van der Waals surface area contributed by atoms with E-state index >= 15 is 0 Å². The van der Waals surface area contributed by atoms with Crippen LogP contribution >= 0.6 is 0 Å². The molecule has 0 atom stereocenters. The van der Waals surface area contributed by atoms with Gasteiger partial charge in [0.2, 0.25) is 0 Å². The van der Waals surface area contributed by atoms with Gasteiger partial charge in [-0.3, -0.25) is 9.59 Å². The minimum atomic E-state index is -2.25. The summed E-state index contributed by atoms with van der Waals surface area (Å²) in [7, 11) is 0. The highest BCUT2D eigenvalue weighted by atomic mass is 19.2. The molecule has 0 aromatic heterocycles. The highest BCUT2D eigenvalue weighted by Crippen LogP contribution is 2.38. The smallest absolute Gasteiger partial charge is 0.313 e. The topological polar surface area (TPSA) is 74.6 Å². The molecule has 1 aromatic rings. The third kappa shape index (κ3) is 2.42. The molecule has 0 radical (unpaired) electrons. The molecule has 22 heavy (non-hydrogen) atoms. The summed E-state index contributed by atoms with van der Waals surface area (Å²) in [6, 6.07) is 0. The van der Waals surface area contributed by atoms with Crippen LogP contribution in [0.2, 0.25) is 0 Å². The predicted octanol–water partition coefficient (Wildman–Crippen LogP) is 2.97. The maximum atomic E-state index is 14.1. The van der Waals surface area contributed by atoms with Crippen LogP contribution in [0.3, 0.4) is 0 Å². The third-order valence-corrected chi connectivity index (χ3v) is 3.58. The van der Waals surface area contributed by atoms with Crippen molar-refractivity contribution in [2.75, 3.05) is 0 Å². The zero-order chi connectivity index (χ0) is 17.6. The highest BCUT2D eigenvalue weighted by Gasteiger charge is 2.44. The van der Waals surface area contributed by atoms with Crippen molar-refractivity contribution in [1.29, 1.82) is 0 Å². The van der Waals surface area contributed by atoms with Crippen LogP contribution in [0.5, 0.6) is 0 Å². The van der Waals surface area contributed by atoms with E-state index < -0.39 is 57.2 Å². The van der Waals surface area contributed by atoms with Gasteiger partial charge in [0, 0.05) is 11.1 Å². The van der Waals surface area contributed by atoms with E-state index in [4.69, 9.17) is 10.2 Å². The SMILES string of the molecule is CC(C)(C(=O)O)c1c(F)c(F)c(C(C)(C)C(=O)O)c(F)c1F. The molecule has 1 rings (SSSR count). The van der Waals surface area contributed by atoms with Crippen molar-refractivity contribution in [2.45, 2.75) is 38.5 Å². The van der Waals surface area contributed by atoms with E-state index in [2.05, 4.69) is 0 Å². The van der Waals surface area contributed by atoms with Crippen LogP contribution in [0.25, 0.3) is 0 Å². The number of hydrogen-bond donors (Lipinski definition) is 2. The quantitative estimate of drug-likeness (QED) is 0.660. The van der Waals surface area contributed by atoms with Crippen molar-refractivity contribution < 1.29 is 37.4 Å². The van der Waals surface area contributed by atoms with Gasteiger partial charge in [0.25, 0.3) is 0 Å². The molecular formula is C14H14F4O4. The minimum absolute atomic E-state index is 0.873. The molecule has 0 aliphatic carbocycles. The number of aliphatic carboxylic acids is 2. The molecule has 0 bridgehead atoms. The number of hydrogen-bond acceptors (Lipinski definition) is 2. The first-order valence-electron chi connectivity index (χ1n) is 6.11. The molecule has 122 valence electrons. The molecule has 1 aromatic carbocycles. The van der Waals surface area contributed by atoms with E-state index in [-0.39, 0.29) is 0 Å². The molecule has 0 saturated carbocycles. The summed E-state index contributed by atoms with van der Waals surface area (Å²) in [6.45, 7) is 3.49. The first-order valence-corrected chi connectivity index (χ1v) is 6.11. The molecule has 0 spiro atoms. The number of carboxylic acid groups (broad SMARTS) is 2. The number of benzene rings is 1. The Balaban J connectivity index is 3.89. The Labute approximate surface area is 123 Å². The normalized spacial score (nSPS) is 12.4. The third-order valence-electron chi connectivity index (χ3n) is 3.58. The molecule has 0 aliphatic heterocycles. The molecule has 0 heterocycles. The molecule has 0 amide bonds. The lowest BCUT2D eigenvalue weighted by Crippen LogP contribution is -2.36. The van der Waals surface area contributed by atoms with Crippen LogP contribution in [0.4, 0.5) is 17.6 Å². The Bertz CT molecular complexity index is 579. The summed E-state index contributed by atoms with van der Waals surface area (Å²) in [4.78, 5) is 22.1. The summed E-state index contributed by atoms with van der Waals surface area (Å²) in [6.07, 6.45) is 0. The zero-order valence-electron chi connectivity index (χ0n) is 12.2. The maximum Gasteiger partial charge on any atom is 0.313 e. The van der Waals surface area contributed by atoms with Gasteiger partial charge in [-0.1, -0.05) is 0 Å². The van der Waals surface area contributed by atoms with Crippen LogP contribution < -0.4 is 0 Å². The molecule has 0 aliphatic rings. The van der Waals surface area contributed by atoms with Gasteiger partial charge < -0.3 is 10.2 Å². The van der Waals surface area contributed by atoms with E-state index in [1.54, 1.807) is 0 Å². The van der Waals surface area contributed by atoms with Crippen molar-refractivity contribution in [2.24, 2.45) is 0 Å². The minimum Gasteiger partial charge on any atom is -0.481 e.